The summed E-state index contributed by atoms with van der Waals surface area (Å²) in [5.74, 6) is 1.35. The Morgan fingerprint density at radius 2 is 2.20 bits per heavy atom. The average molecular weight is 349 g/mol. The summed E-state index contributed by atoms with van der Waals surface area (Å²) in [6.45, 7) is 3.42. The summed E-state index contributed by atoms with van der Waals surface area (Å²) in [6.07, 6.45) is 1.15. The lowest BCUT2D eigenvalue weighted by Crippen LogP contribution is -2.34. The van der Waals surface area contributed by atoms with Gasteiger partial charge in [0.15, 0.2) is 0 Å². The Hall–Kier alpha value is -2.50. The number of nitrogens with one attached hydrogen (secondary N) is 2. The summed E-state index contributed by atoms with van der Waals surface area (Å²) in [7, 11) is 0. The van der Waals surface area contributed by atoms with Crippen LogP contribution in [0.15, 0.2) is 12.3 Å². The van der Waals surface area contributed by atoms with Gasteiger partial charge in [-0.2, -0.15) is 25.4 Å². The number of aromatic amines is 1. The summed E-state index contributed by atoms with van der Waals surface area (Å²) >= 11 is 0. The Bertz CT molecular complexity index is 666. The van der Waals surface area contributed by atoms with Crippen molar-refractivity contribution < 1.29 is 10.2 Å². The van der Waals surface area contributed by atoms with Gasteiger partial charge in [0.2, 0.25) is 5.95 Å². The molecule has 3 heterocycles. The summed E-state index contributed by atoms with van der Waals surface area (Å²) < 4.78 is 0. The van der Waals surface area contributed by atoms with Crippen LogP contribution in [-0.4, -0.2) is 85.9 Å². The summed E-state index contributed by atoms with van der Waals surface area (Å²) in [5.41, 5.74) is 6.62. The van der Waals surface area contributed by atoms with Crippen molar-refractivity contribution in [1.82, 2.24) is 30.3 Å². The molecule has 2 aromatic heterocycles. The van der Waals surface area contributed by atoms with E-state index in [1.54, 1.807) is 12.3 Å². The zero-order chi connectivity index (χ0) is 17.6. The molecule has 0 amide bonds. The van der Waals surface area contributed by atoms with Gasteiger partial charge in [0.1, 0.15) is 11.6 Å². The number of hydrogen-bond acceptors (Lipinski definition) is 10. The molecule has 6 N–H and O–H groups in total. The van der Waals surface area contributed by atoms with Gasteiger partial charge in [0.25, 0.3) is 0 Å². The van der Waals surface area contributed by atoms with E-state index in [2.05, 4.69) is 35.6 Å². The number of β-amino-alcohol motifs (C(OH)–C–C–N with tert-alkyl or cyclic N) is 1. The molecule has 1 aliphatic heterocycles. The van der Waals surface area contributed by atoms with E-state index in [1.807, 2.05) is 4.90 Å². The zero-order valence-electron chi connectivity index (χ0n) is 13.8. The van der Waals surface area contributed by atoms with Gasteiger partial charge in [-0.25, -0.2) is 0 Å². The summed E-state index contributed by atoms with van der Waals surface area (Å²) in [6, 6.07) is 1.77. The fourth-order valence-corrected chi connectivity index (χ4v) is 2.83. The number of H-pyrrole nitrogens is 1. The summed E-state index contributed by atoms with van der Waals surface area (Å²) in [4.78, 5) is 12.5. The van der Waals surface area contributed by atoms with Gasteiger partial charge >= 0.3 is 0 Å². The van der Waals surface area contributed by atoms with Crippen LogP contribution in [0.5, 0.6) is 0 Å². The maximum Gasteiger partial charge on any atom is 0.223 e. The molecule has 2 aromatic rings. The highest BCUT2D eigenvalue weighted by Gasteiger charge is 2.23. The van der Waals surface area contributed by atoms with Crippen LogP contribution in [0, 0.1) is 0 Å². The maximum atomic E-state index is 10.3. The highest BCUT2D eigenvalue weighted by atomic mass is 16.3. The largest absolute Gasteiger partial charge is 0.395 e. The van der Waals surface area contributed by atoms with Gasteiger partial charge in [-0.05, 0) is 0 Å². The van der Waals surface area contributed by atoms with Gasteiger partial charge in [0.05, 0.1) is 24.6 Å². The van der Waals surface area contributed by atoms with E-state index in [9.17, 15) is 5.11 Å². The molecule has 0 bridgehead atoms. The van der Waals surface area contributed by atoms with Crippen LogP contribution in [-0.2, 0) is 6.54 Å². The van der Waals surface area contributed by atoms with Crippen LogP contribution in [0.3, 0.4) is 0 Å². The molecule has 11 nitrogen and oxygen atoms in total. The number of anilines is 3. The molecule has 136 valence electrons. The number of aromatic nitrogens is 5. The second kappa shape index (κ2) is 8.05. The molecule has 0 unspecified atom stereocenters. The number of aliphatic hydroxyl groups excluding tert-OH is 2. The van der Waals surface area contributed by atoms with E-state index in [0.29, 0.717) is 44.4 Å². The first-order chi connectivity index (χ1) is 12.1. The van der Waals surface area contributed by atoms with Crippen molar-refractivity contribution >= 4 is 17.6 Å². The van der Waals surface area contributed by atoms with Crippen LogP contribution in [0.1, 0.15) is 5.69 Å². The van der Waals surface area contributed by atoms with Crippen molar-refractivity contribution in [1.29, 1.82) is 0 Å². The molecule has 0 aliphatic carbocycles. The highest BCUT2D eigenvalue weighted by Crippen LogP contribution is 2.19. The lowest BCUT2D eigenvalue weighted by Gasteiger charge is -2.23. The van der Waals surface area contributed by atoms with Crippen molar-refractivity contribution in [2.24, 2.45) is 0 Å². The molecule has 0 radical (unpaired) electrons. The van der Waals surface area contributed by atoms with Crippen LogP contribution >= 0.6 is 0 Å². The maximum absolute atomic E-state index is 10.3. The monoisotopic (exact) mass is 349 g/mol. The zero-order valence-corrected chi connectivity index (χ0v) is 13.8. The van der Waals surface area contributed by atoms with Crippen LogP contribution in [0.25, 0.3) is 0 Å². The van der Waals surface area contributed by atoms with Gasteiger partial charge in [-0.1, -0.05) is 0 Å². The number of nitrogens with two attached hydrogens (primary N) is 1. The molecule has 3 rings (SSSR count). The molecule has 0 saturated carbocycles. The Labute approximate surface area is 144 Å². The van der Waals surface area contributed by atoms with Crippen molar-refractivity contribution in [3.63, 3.8) is 0 Å². The van der Waals surface area contributed by atoms with E-state index < -0.39 is 6.10 Å². The average Bonchev–Trinajstić information content (AvgIpc) is 3.01. The first-order valence-corrected chi connectivity index (χ1v) is 8.13. The Morgan fingerprint density at radius 1 is 1.32 bits per heavy atom. The number of rotatable bonds is 6. The smallest absolute Gasteiger partial charge is 0.223 e. The van der Waals surface area contributed by atoms with Crippen molar-refractivity contribution in [2.45, 2.75) is 12.6 Å². The second-order valence-corrected chi connectivity index (χ2v) is 5.92. The van der Waals surface area contributed by atoms with Crippen molar-refractivity contribution in [2.75, 3.05) is 55.3 Å². The second-order valence-electron chi connectivity index (χ2n) is 5.92. The van der Waals surface area contributed by atoms with E-state index in [0.717, 1.165) is 12.2 Å². The molecule has 25 heavy (non-hydrogen) atoms. The number of hydrogen-bond donors (Lipinski definition) is 5. The lowest BCUT2D eigenvalue weighted by atomic mass is 10.3. The van der Waals surface area contributed by atoms with Crippen LogP contribution in [0.4, 0.5) is 17.6 Å². The molecular weight excluding hydrogens is 326 g/mol. The predicted octanol–water partition coefficient (Wildman–Crippen LogP) is -1.74. The standard InChI is InChI=1S/C14H23N9O2/c15-14-18-12(16-1-4-24)5-13(19-14)23-3-2-22(8-11(25)9-23)7-10-6-17-21-20-10/h5-6,11,24-25H,1-4,7-9H2,(H,17,20,21)(H3,15,16,18,19)/t11-/m0/s1. The van der Waals surface area contributed by atoms with Gasteiger partial charge in [-0.3, -0.25) is 4.90 Å². The molecule has 1 saturated heterocycles. The minimum atomic E-state index is -0.528. The van der Waals surface area contributed by atoms with Crippen LogP contribution in [0.2, 0.25) is 0 Å². The van der Waals surface area contributed by atoms with Gasteiger partial charge < -0.3 is 26.2 Å². The Balaban J connectivity index is 1.69. The molecule has 0 aromatic carbocycles. The van der Waals surface area contributed by atoms with E-state index in [4.69, 9.17) is 10.8 Å². The molecule has 0 spiro atoms. The SMILES string of the molecule is Nc1nc(NCCO)cc(N2CCN(Cc3cn[nH]n3)C[C@H](O)C2)n1. The Morgan fingerprint density at radius 3 is 2.96 bits per heavy atom. The third kappa shape index (κ3) is 4.75. The molecule has 1 fully saturated rings. The third-order valence-electron chi connectivity index (χ3n) is 3.91. The van der Waals surface area contributed by atoms with Crippen molar-refractivity contribution in [3.05, 3.63) is 18.0 Å². The first kappa shape index (κ1) is 17.3. The minimum absolute atomic E-state index is 0.00131. The predicted molar refractivity (Wildman–Crippen MR) is 91.9 cm³/mol. The van der Waals surface area contributed by atoms with E-state index >= 15 is 0 Å². The van der Waals surface area contributed by atoms with Crippen molar-refractivity contribution in [3.8, 4) is 0 Å². The highest BCUT2D eigenvalue weighted by molar-refractivity contribution is 5.52. The fourth-order valence-electron chi connectivity index (χ4n) is 2.83. The molecule has 1 aliphatic rings. The van der Waals surface area contributed by atoms with E-state index in [1.165, 1.54) is 0 Å². The number of nitrogens with zero attached hydrogens (tertiary/aromatic N) is 6. The quantitative estimate of drug-likeness (QED) is 0.406. The summed E-state index contributed by atoms with van der Waals surface area (Å²) in [5, 5.41) is 32.7. The fraction of sp³-hybridized carbons (Fsp3) is 0.571. The minimum Gasteiger partial charge on any atom is -0.395 e. The normalized spacial score (nSPS) is 19.0. The van der Waals surface area contributed by atoms with Gasteiger partial charge in [0, 0.05) is 45.3 Å². The molecule has 1 atom stereocenters. The lowest BCUT2D eigenvalue weighted by molar-refractivity contribution is 0.128. The first-order valence-electron chi connectivity index (χ1n) is 8.13. The topological polar surface area (TPSA) is 152 Å². The van der Waals surface area contributed by atoms with Gasteiger partial charge in [-0.15, -0.1) is 0 Å². The molecular formula is C14H23N9O2. The Kier molecular flexibility index (Phi) is 5.58. The van der Waals surface area contributed by atoms with E-state index in [-0.39, 0.29) is 12.6 Å². The molecule has 11 heteroatoms. The third-order valence-corrected chi connectivity index (χ3v) is 3.91. The number of nitrogen functional groups attached to an aromatic ring is 1. The van der Waals surface area contributed by atoms with Crippen LogP contribution < -0.4 is 16.0 Å². The number of aliphatic hydroxyl groups is 2.